The van der Waals surface area contributed by atoms with Gasteiger partial charge in [-0.05, 0) is 31.2 Å². The van der Waals surface area contributed by atoms with Gasteiger partial charge in [0.2, 0.25) is 0 Å². The Balaban J connectivity index is 1.48. The first-order valence-electron chi connectivity index (χ1n) is 9.43. The Hall–Kier alpha value is -2.45. The van der Waals surface area contributed by atoms with Crippen LogP contribution in [-0.2, 0) is 11.3 Å². The number of ether oxygens (including phenoxy) is 1. The van der Waals surface area contributed by atoms with Gasteiger partial charge in [0.15, 0.2) is 0 Å². The van der Waals surface area contributed by atoms with Crippen LogP contribution in [0.5, 0.6) is 0 Å². The van der Waals surface area contributed by atoms with Crippen molar-refractivity contribution in [2.24, 2.45) is 5.92 Å². The highest BCUT2D eigenvalue weighted by atomic mass is 16.5. The summed E-state index contributed by atoms with van der Waals surface area (Å²) in [4.78, 5) is 20.7. The summed E-state index contributed by atoms with van der Waals surface area (Å²) in [7, 11) is 0. The standard InChI is InChI=1S/C19H25N5O3/c25-19(26)17-4-1-5-20-18(17)24-11-15-10-22(12-16(24)14-27-13-15)7-3-9-23-8-2-6-21-23/h1-2,4-6,8,15-16H,3,7,9-14H2,(H,25,26)/t15-,16-/m0/s1. The molecule has 0 aromatic carbocycles. The lowest BCUT2D eigenvalue weighted by atomic mass is 10.1. The van der Waals surface area contributed by atoms with Gasteiger partial charge < -0.3 is 19.6 Å². The van der Waals surface area contributed by atoms with E-state index in [4.69, 9.17) is 4.74 Å². The molecule has 0 aliphatic carbocycles. The molecule has 27 heavy (non-hydrogen) atoms. The van der Waals surface area contributed by atoms with E-state index in [0.29, 0.717) is 24.9 Å². The topological polar surface area (TPSA) is 83.7 Å². The van der Waals surface area contributed by atoms with E-state index >= 15 is 0 Å². The maximum atomic E-state index is 11.6. The lowest BCUT2D eigenvalue weighted by molar-refractivity contribution is 0.0641. The predicted octanol–water partition coefficient (Wildman–Crippen LogP) is 1.20. The van der Waals surface area contributed by atoms with E-state index in [1.165, 1.54) is 0 Å². The van der Waals surface area contributed by atoms with Crippen LogP contribution in [0.1, 0.15) is 16.8 Å². The molecule has 2 atom stereocenters. The van der Waals surface area contributed by atoms with Gasteiger partial charge in [-0.15, -0.1) is 0 Å². The van der Waals surface area contributed by atoms with E-state index in [9.17, 15) is 9.90 Å². The summed E-state index contributed by atoms with van der Waals surface area (Å²) in [6.45, 7) is 5.79. The number of pyridine rings is 1. The highest BCUT2D eigenvalue weighted by Gasteiger charge is 2.35. The number of nitrogens with zero attached hydrogens (tertiary/aromatic N) is 5. The first kappa shape index (κ1) is 17.9. The van der Waals surface area contributed by atoms with Crippen molar-refractivity contribution in [2.75, 3.05) is 44.3 Å². The normalized spacial score (nSPS) is 23.2. The number of rotatable bonds is 6. The quantitative estimate of drug-likeness (QED) is 0.817. The largest absolute Gasteiger partial charge is 0.478 e. The molecule has 0 unspecified atom stereocenters. The fourth-order valence-electron chi connectivity index (χ4n) is 4.06. The minimum atomic E-state index is -0.936. The Morgan fingerprint density at radius 2 is 2.11 bits per heavy atom. The third kappa shape index (κ3) is 4.12. The van der Waals surface area contributed by atoms with E-state index in [0.717, 1.165) is 39.1 Å². The summed E-state index contributed by atoms with van der Waals surface area (Å²) in [5, 5.41) is 13.8. The monoisotopic (exact) mass is 371 g/mol. The molecule has 8 nitrogen and oxygen atoms in total. The molecular weight excluding hydrogens is 346 g/mol. The van der Waals surface area contributed by atoms with Gasteiger partial charge in [-0.2, -0.15) is 5.10 Å². The Morgan fingerprint density at radius 3 is 2.93 bits per heavy atom. The number of carbonyl (C=O) groups is 1. The summed E-state index contributed by atoms with van der Waals surface area (Å²) < 4.78 is 7.83. The lowest BCUT2D eigenvalue weighted by Crippen LogP contribution is -2.45. The Morgan fingerprint density at radius 1 is 1.19 bits per heavy atom. The van der Waals surface area contributed by atoms with Crippen LogP contribution in [0.2, 0.25) is 0 Å². The fraction of sp³-hybridized carbons (Fsp3) is 0.526. The third-order valence-electron chi connectivity index (χ3n) is 5.25. The van der Waals surface area contributed by atoms with Crippen LogP contribution >= 0.6 is 0 Å². The van der Waals surface area contributed by atoms with Crippen LogP contribution in [0, 0.1) is 5.92 Å². The molecule has 2 fully saturated rings. The average molecular weight is 371 g/mol. The second-order valence-corrected chi connectivity index (χ2v) is 7.27. The van der Waals surface area contributed by atoms with E-state index in [1.807, 2.05) is 16.9 Å². The Kier molecular flexibility index (Phi) is 5.35. The van der Waals surface area contributed by atoms with E-state index in [-0.39, 0.29) is 11.6 Å². The zero-order chi connectivity index (χ0) is 18.6. The number of carboxylic acid groups (broad SMARTS) is 1. The first-order valence-corrected chi connectivity index (χ1v) is 9.43. The number of anilines is 1. The van der Waals surface area contributed by atoms with Crippen LogP contribution in [0.3, 0.4) is 0 Å². The molecule has 0 radical (unpaired) electrons. The number of hydrogen-bond donors (Lipinski definition) is 1. The predicted molar refractivity (Wildman–Crippen MR) is 99.9 cm³/mol. The highest BCUT2D eigenvalue weighted by Crippen LogP contribution is 2.27. The van der Waals surface area contributed by atoms with Crippen LogP contribution in [0.25, 0.3) is 0 Å². The molecule has 1 N–H and O–H groups in total. The molecule has 0 spiro atoms. The van der Waals surface area contributed by atoms with Gasteiger partial charge >= 0.3 is 5.97 Å². The zero-order valence-corrected chi connectivity index (χ0v) is 15.3. The van der Waals surface area contributed by atoms with Crippen molar-refractivity contribution in [3.8, 4) is 0 Å². The molecule has 2 saturated heterocycles. The van der Waals surface area contributed by atoms with E-state index in [1.54, 1.807) is 24.5 Å². The van der Waals surface area contributed by atoms with Crippen molar-refractivity contribution in [1.82, 2.24) is 19.7 Å². The van der Waals surface area contributed by atoms with Gasteiger partial charge in [-0.3, -0.25) is 4.68 Å². The number of aromatic nitrogens is 3. The van der Waals surface area contributed by atoms with Gasteiger partial charge in [0.25, 0.3) is 0 Å². The summed E-state index contributed by atoms with van der Waals surface area (Å²) >= 11 is 0. The molecule has 4 heterocycles. The number of carboxylic acids is 1. The molecule has 2 aromatic heterocycles. The van der Waals surface area contributed by atoms with E-state index in [2.05, 4.69) is 19.9 Å². The fourth-order valence-corrected chi connectivity index (χ4v) is 4.06. The van der Waals surface area contributed by atoms with Crippen molar-refractivity contribution in [3.05, 3.63) is 42.4 Å². The molecule has 0 saturated carbocycles. The molecule has 0 amide bonds. The highest BCUT2D eigenvalue weighted by molar-refractivity contribution is 5.93. The van der Waals surface area contributed by atoms with Crippen LogP contribution in [-0.4, -0.2) is 76.2 Å². The van der Waals surface area contributed by atoms with Crippen LogP contribution < -0.4 is 4.90 Å². The minimum absolute atomic E-state index is 0.107. The lowest BCUT2D eigenvalue weighted by Gasteiger charge is -2.32. The van der Waals surface area contributed by atoms with Gasteiger partial charge in [-0.25, -0.2) is 9.78 Å². The summed E-state index contributed by atoms with van der Waals surface area (Å²) in [6.07, 6.45) is 6.49. The molecular formula is C19H25N5O3. The average Bonchev–Trinajstić information content (AvgIpc) is 3.01. The summed E-state index contributed by atoms with van der Waals surface area (Å²) in [5.74, 6) is -0.0383. The smallest absolute Gasteiger partial charge is 0.339 e. The Labute approximate surface area is 158 Å². The molecule has 8 heteroatoms. The summed E-state index contributed by atoms with van der Waals surface area (Å²) in [6, 6.07) is 5.35. The number of aromatic carboxylic acids is 1. The maximum absolute atomic E-state index is 11.6. The van der Waals surface area contributed by atoms with Gasteiger partial charge in [0.1, 0.15) is 11.4 Å². The van der Waals surface area contributed by atoms with Crippen molar-refractivity contribution < 1.29 is 14.6 Å². The number of fused-ring (bicyclic) bond motifs is 3. The molecule has 2 aromatic rings. The van der Waals surface area contributed by atoms with Crippen LogP contribution in [0.4, 0.5) is 5.82 Å². The second kappa shape index (κ2) is 8.06. The molecule has 4 rings (SSSR count). The van der Waals surface area contributed by atoms with Crippen LogP contribution in [0.15, 0.2) is 36.8 Å². The third-order valence-corrected chi connectivity index (χ3v) is 5.25. The first-order chi connectivity index (χ1) is 13.2. The number of aryl methyl sites for hydroxylation is 1. The molecule has 2 aliphatic rings. The van der Waals surface area contributed by atoms with Gasteiger partial charge in [0, 0.05) is 50.7 Å². The molecule has 2 aliphatic heterocycles. The van der Waals surface area contributed by atoms with Crippen molar-refractivity contribution in [3.63, 3.8) is 0 Å². The van der Waals surface area contributed by atoms with Crippen molar-refractivity contribution in [1.29, 1.82) is 0 Å². The minimum Gasteiger partial charge on any atom is -0.478 e. The van der Waals surface area contributed by atoms with Gasteiger partial charge in [-0.1, -0.05) is 0 Å². The van der Waals surface area contributed by atoms with E-state index < -0.39 is 5.97 Å². The van der Waals surface area contributed by atoms with Crippen molar-refractivity contribution >= 4 is 11.8 Å². The number of hydrogen-bond acceptors (Lipinski definition) is 6. The summed E-state index contributed by atoms with van der Waals surface area (Å²) in [5.41, 5.74) is 0.260. The maximum Gasteiger partial charge on any atom is 0.339 e. The second-order valence-electron chi connectivity index (χ2n) is 7.27. The van der Waals surface area contributed by atoms with Crippen molar-refractivity contribution in [2.45, 2.75) is 19.0 Å². The van der Waals surface area contributed by atoms with Gasteiger partial charge in [0.05, 0.1) is 19.3 Å². The zero-order valence-electron chi connectivity index (χ0n) is 15.3. The SMILES string of the molecule is O=C(O)c1cccnc1N1C[C@H]2COC[C@@H]1CN(CCCn1cccn1)C2. The Bertz CT molecular complexity index is 766. The molecule has 144 valence electrons. The molecule has 2 bridgehead atoms.